The Labute approximate surface area is 91.5 Å². The largest absolute Gasteiger partial charge is 1.00 e. The maximum absolute atomic E-state index is 10.2. The van der Waals surface area contributed by atoms with Gasteiger partial charge in [-0.05, 0) is 13.3 Å². The van der Waals surface area contributed by atoms with Gasteiger partial charge < -0.3 is 6.53 Å². The maximum Gasteiger partial charge on any atom is 1.00 e. The summed E-state index contributed by atoms with van der Waals surface area (Å²) in [4.78, 5) is 10.2. The van der Waals surface area contributed by atoms with E-state index in [1.54, 1.807) is 13.0 Å². The van der Waals surface area contributed by atoms with Crippen molar-refractivity contribution in [2.24, 2.45) is 0 Å². The summed E-state index contributed by atoms with van der Waals surface area (Å²) in [5.41, 5.74) is 0.452. The summed E-state index contributed by atoms with van der Waals surface area (Å²) in [6, 6.07) is 0. The smallest absolute Gasteiger partial charge is 1.00 e. The standard InChI is InChI=1S/C8H14O2.Na.H/c1-3-4-5-6-7(2)8(9)10;;/h6H,3-5H2,1-2H3,(H,9,10);;/q;+1;-1. The third-order valence-corrected chi connectivity index (χ3v) is 1.35. The fraction of sp³-hybridized carbons (Fsp3) is 0.625. The van der Waals surface area contributed by atoms with Crippen molar-refractivity contribution >= 4 is 5.97 Å². The molecule has 2 nitrogen and oxygen atoms in total. The molecule has 0 rings (SSSR count). The van der Waals surface area contributed by atoms with Crippen LogP contribution in [0.1, 0.15) is 34.5 Å². The van der Waals surface area contributed by atoms with E-state index in [-0.39, 0.29) is 31.0 Å². The van der Waals surface area contributed by atoms with Gasteiger partial charge in [0.15, 0.2) is 0 Å². The van der Waals surface area contributed by atoms with Crippen LogP contribution in [0.25, 0.3) is 0 Å². The molecule has 1 N–H and O–H groups in total. The number of carboxylic acids is 1. The summed E-state index contributed by atoms with van der Waals surface area (Å²) in [7, 11) is 0. The average Bonchev–Trinajstić information content (AvgIpc) is 1.88. The number of unbranched alkanes of at least 4 members (excludes halogenated alkanes) is 2. The van der Waals surface area contributed by atoms with E-state index in [2.05, 4.69) is 6.92 Å². The Morgan fingerprint density at radius 3 is 2.55 bits per heavy atom. The minimum absolute atomic E-state index is 0. The Morgan fingerprint density at radius 1 is 1.64 bits per heavy atom. The van der Waals surface area contributed by atoms with Crippen molar-refractivity contribution in [2.75, 3.05) is 0 Å². The van der Waals surface area contributed by atoms with Crippen LogP contribution < -0.4 is 29.6 Å². The molecule has 0 unspecified atom stereocenters. The zero-order chi connectivity index (χ0) is 7.98. The number of rotatable bonds is 4. The molecule has 0 aliphatic carbocycles. The van der Waals surface area contributed by atoms with E-state index in [4.69, 9.17) is 5.11 Å². The molecule has 0 saturated carbocycles. The van der Waals surface area contributed by atoms with E-state index in [1.165, 1.54) is 0 Å². The topological polar surface area (TPSA) is 37.3 Å². The molecule has 0 spiro atoms. The van der Waals surface area contributed by atoms with Crippen LogP contribution in [0.5, 0.6) is 0 Å². The van der Waals surface area contributed by atoms with Crippen LogP contribution in [-0.4, -0.2) is 11.1 Å². The quantitative estimate of drug-likeness (QED) is 0.341. The van der Waals surface area contributed by atoms with Crippen LogP contribution in [0.3, 0.4) is 0 Å². The first-order valence-corrected chi connectivity index (χ1v) is 3.58. The monoisotopic (exact) mass is 166 g/mol. The van der Waals surface area contributed by atoms with Gasteiger partial charge >= 0.3 is 35.5 Å². The predicted molar refractivity (Wildman–Crippen MR) is 42.0 cm³/mol. The first-order chi connectivity index (χ1) is 4.68. The molecule has 0 saturated heterocycles. The van der Waals surface area contributed by atoms with Crippen molar-refractivity contribution in [1.29, 1.82) is 0 Å². The van der Waals surface area contributed by atoms with Gasteiger partial charge in [0.05, 0.1) is 0 Å². The Bertz CT molecular complexity index is 146. The van der Waals surface area contributed by atoms with Gasteiger partial charge in [-0.1, -0.05) is 25.8 Å². The van der Waals surface area contributed by atoms with E-state index < -0.39 is 5.97 Å². The van der Waals surface area contributed by atoms with Crippen LogP contribution >= 0.6 is 0 Å². The zero-order valence-corrected chi connectivity index (χ0v) is 9.55. The molecular weight excluding hydrogens is 151 g/mol. The van der Waals surface area contributed by atoms with Gasteiger partial charge in [0, 0.05) is 5.57 Å². The van der Waals surface area contributed by atoms with Gasteiger partial charge in [-0.3, -0.25) is 0 Å². The number of hydrogen-bond donors (Lipinski definition) is 1. The van der Waals surface area contributed by atoms with Gasteiger partial charge in [-0.25, -0.2) is 4.79 Å². The van der Waals surface area contributed by atoms with Gasteiger partial charge in [-0.2, -0.15) is 0 Å². The number of carboxylic acid groups (broad SMARTS) is 1. The molecule has 60 valence electrons. The van der Waals surface area contributed by atoms with Crippen LogP contribution in [0.4, 0.5) is 0 Å². The normalized spacial score (nSPS) is 10.5. The number of carbonyl (C=O) groups is 1. The Morgan fingerprint density at radius 2 is 2.18 bits per heavy atom. The molecule has 0 fully saturated rings. The van der Waals surface area contributed by atoms with Crippen LogP contribution in [0, 0.1) is 0 Å². The first kappa shape index (κ1) is 13.8. The molecule has 0 amide bonds. The zero-order valence-electron chi connectivity index (χ0n) is 8.55. The van der Waals surface area contributed by atoms with Crippen molar-refractivity contribution in [3.05, 3.63) is 11.6 Å². The van der Waals surface area contributed by atoms with Gasteiger partial charge in [0.25, 0.3) is 0 Å². The maximum atomic E-state index is 10.2. The Balaban J connectivity index is -0.000000405. The molecule has 0 bridgehead atoms. The van der Waals surface area contributed by atoms with Crippen LogP contribution in [0.2, 0.25) is 0 Å². The number of allylic oxidation sites excluding steroid dienone is 1. The Hall–Kier alpha value is 0.210. The SMILES string of the molecule is CCCCC=C(C)C(=O)O.[H-].[Na+]. The second-order valence-electron chi connectivity index (χ2n) is 2.33. The van der Waals surface area contributed by atoms with Crippen molar-refractivity contribution < 1.29 is 40.9 Å². The van der Waals surface area contributed by atoms with Crippen molar-refractivity contribution in [3.8, 4) is 0 Å². The fourth-order valence-electron chi connectivity index (χ4n) is 0.610. The van der Waals surface area contributed by atoms with Crippen molar-refractivity contribution in [3.63, 3.8) is 0 Å². The number of hydrogen-bond acceptors (Lipinski definition) is 1. The third kappa shape index (κ3) is 8.11. The van der Waals surface area contributed by atoms with E-state index in [1.807, 2.05) is 0 Å². The van der Waals surface area contributed by atoms with E-state index in [0.29, 0.717) is 5.57 Å². The Kier molecular flexibility index (Phi) is 10.4. The minimum atomic E-state index is -0.809. The molecule has 0 atom stereocenters. The van der Waals surface area contributed by atoms with E-state index >= 15 is 0 Å². The summed E-state index contributed by atoms with van der Waals surface area (Å²) in [6.45, 7) is 3.71. The molecule has 0 radical (unpaired) electrons. The van der Waals surface area contributed by atoms with Gasteiger partial charge in [-0.15, -0.1) is 0 Å². The first-order valence-electron chi connectivity index (χ1n) is 3.58. The molecule has 0 aromatic carbocycles. The average molecular weight is 166 g/mol. The van der Waals surface area contributed by atoms with Gasteiger partial charge in [0.2, 0.25) is 0 Å². The second-order valence-corrected chi connectivity index (χ2v) is 2.33. The second kappa shape index (κ2) is 8.31. The van der Waals surface area contributed by atoms with Gasteiger partial charge in [0.1, 0.15) is 0 Å². The van der Waals surface area contributed by atoms with E-state index in [0.717, 1.165) is 19.3 Å². The summed E-state index contributed by atoms with van der Waals surface area (Å²) >= 11 is 0. The van der Waals surface area contributed by atoms with Crippen LogP contribution in [-0.2, 0) is 4.79 Å². The molecule has 0 aromatic heterocycles. The summed E-state index contributed by atoms with van der Waals surface area (Å²) in [5.74, 6) is -0.809. The molecule has 0 heterocycles. The number of aliphatic carboxylic acids is 1. The molecule has 0 aromatic rings. The predicted octanol–water partition coefficient (Wildman–Crippen LogP) is -0.676. The summed E-state index contributed by atoms with van der Waals surface area (Å²) < 4.78 is 0. The summed E-state index contributed by atoms with van der Waals surface area (Å²) in [5, 5.41) is 8.41. The minimum Gasteiger partial charge on any atom is -1.00 e. The molecule has 0 aliphatic heterocycles. The molecule has 0 aliphatic rings. The third-order valence-electron chi connectivity index (χ3n) is 1.35. The van der Waals surface area contributed by atoms with Crippen molar-refractivity contribution in [1.82, 2.24) is 0 Å². The van der Waals surface area contributed by atoms with E-state index in [9.17, 15) is 4.79 Å². The van der Waals surface area contributed by atoms with Crippen LogP contribution in [0.15, 0.2) is 11.6 Å². The fourth-order valence-corrected chi connectivity index (χ4v) is 0.610. The molecular formula is C8H15NaO2. The molecule has 3 heteroatoms. The summed E-state index contributed by atoms with van der Waals surface area (Å²) in [6.07, 6.45) is 4.84. The van der Waals surface area contributed by atoms with Crippen molar-refractivity contribution in [2.45, 2.75) is 33.1 Å². The molecule has 11 heavy (non-hydrogen) atoms.